The SMILES string of the molecule is CN(C)C(=O)C[C@H]1C(=O)NCCN1CC(c1ccccc1)c1ccccc1. The third-order valence-electron chi connectivity index (χ3n) is 5.13. The maximum Gasteiger partial charge on any atom is 0.237 e. The number of benzene rings is 2. The van der Waals surface area contributed by atoms with Gasteiger partial charge in [-0.1, -0.05) is 60.7 Å². The molecule has 0 spiro atoms. The van der Waals surface area contributed by atoms with Crippen LogP contribution in [-0.2, 0) is 9.59 Å². The summed E-state index contributed by atoms with van der Waals surface area (Å²) in [6, 6.07) is 20.3. The van der Waals surface area contributed by atoms with E-state index in [0.717, 1.165) is 6.54 Å². The van der Waals surface area contributed by atoms with Crippen molar-refractivity contribution in [2.24, 2.45) is 0 Å². The average molecular weight is 365 g/mol. The van der Waals surface area contributed by atoms with Crippen molar-refractivity contribution >= 4 is 11.8 Å². The lowest BCUT2D eigenvalue weighted by atomic mass is 9.90. The van der Waals surface area contributed by atoms with E-state index >= 15 is 0 Å². The second-order valence-electron chi connectivity index (χ2n) is 7.17. The third kappa shape index (κ3) is 4.74. The Morgan fingerprint density at radius 3 is 2.15 bits per heavy atom. The van der Waals surface area contributed by atoms with Gasteiger partial charge in [0.2, 0.25) is 11.8 Å². The Hall–Kier alpha value is -2.66. The highest BCUT2D eigenvalue weighted by molar-refractivity contribution is 5.88. The fourth-order valence-corrected chi connectivity index (χ4v) is 3.56. The Labute approximate surface area is 161 Å². The minimum Gasteiger partial charge on any atom is -0.353 e. The molecule has 0 aliphatic carbocycles. The highest BCUT2D eigenvalue weighted by Crippen LogP contribution is 2.27. The minimum atomic E-state index is -0.427. The number of nitrogens with one attached hydrogen (secondary N) is 1. The van der Waals surface area contributed by atoms with Crippen LogP contribution >= 0.6 is 0 Å². The van der Waals surface area contributed by atoms with Crippen molar-refractivity contribution in [1.29, 1.82) is 0 Å². The number of hydrogen-bond acceptors (Lipinski definition) is 3. The highest BCUT2D eigenvalue weighted by Gasteiger charge is 2.33. The minimum absolute atomic E-state index is 0.0296. The Kier molecular flexibility index (Phi) is 6.24. The molecule has 3 rings (SSSR count). The normalized spacial score (nSPS) is 17.6. The summed E-state index contributed by atoms with van der Waals surface area (Å²) in [5, 5.41) is 2.91. The van der Waals surface area contributed by atoms with Gasteiger partial charge in [0.25, 0.3) is 0 Å². The maximum atomic E-state index is 12.5. The molecule has 1 atom stereocenters. The molecule has 0 saturated carbocycles. The van der Waals surface area contributed by atoms with Crippen LogP contribution in [-0.4, -0.2) is 61.4 Å². The molecule has 2 aromatic carbocycles. The van der Waals surface area contributed by atoms with Crippen LogP contribution in [0.15, 0.2) is 60.7 Å². The van der Waals surface area contributed by atoms with Gasteiger partial charge >= 0.3 is 0 Å². The smallest absolute Gasteiger partial charge is 0.237 e. The van der Waals surface area contributed by atoms with E-state index in [-0.39, 0.29) is 24.2 Å². The number of carbonyl (C=O) groups excluding carboxylic acids is 2. The largest absolute Gasteiger partial charge is 0.353 e. The van der Waals surface area contributed by atoms with Gasteiger partial charge in [-0.3, -0.25) is 14.5 Å². The maximum absolute atomic E-state index is 12.5. The molecule has 2 aromatic rings. The molecule has 5 nitrogen and oxygen atoms in total. The van der Waals surface area contributed by atoms with Gasteiger partial charge in [-0.2, -0.15) is 0 Å². The number of hydrogen-bond donors (Lipinski definition) is 1. The number of nitrogens with zero attached hydrogens (tertiary/aromatic N) is 2. The summed E-state index contributed by atoms with van der Waals surface area (Å²) in [6.45, 7) is 2.06. The van der Waals surface area contributed by atoms with Crippen LogP contribution < -0.4 is 5.32 Å². The molecule has 2 amide bonds. The lowest BCUT2D eigenvalue weighted by Crippen LogP contribution is -2.57. The second-order valence-corrected chi connectivity index (χ2v) is 7.17. The molecule has 27 heavy (non-hydrogen) atoms. The van der Waals surface area contributed by atoms with Crippen molar-refractivity contribution in [1.82, 2.24) is 15.1 Å². The summed E-state index contributed by atoms with van der Waals surface area (Å²) in [5.41, 5.74) is 2.43. The monoisotopic (exact) mass is 365 g/mol. The predicted molar refractivity (Wildman–Crippen MR) is 106 cm³/mol. The number of carbonyl (C=O) groups is 2. The summed E-state index contributed by atoms with van der Waals surface area (Å²) >= 11 is 0. The van der Waals surface area contributed by atoms with Gasteiger partial charge in [0.05, 0.1) is 12.5 Å². The van der Waals surface area contributed by atoms with Gasteiger partial charge in [-0.25, -0.2) is 0 Å². The molecule has 0 aromatic heterocycles. The molecule has 0 bridgehead atoms. The van der Waals surface area contributed by atoms with E-state index < -0.39 is 6.04 Å². The highest BCUT2D eigenvalue weighted by atomic mass is 16.2. The van der Waals surface area contributed by atoms with Crippen LogP contribution in [0.25, 0.3) is 0 Å². The molecule has 1 N–H and O–H groups in total. The molecule has 142 valence electrons. The van der Waals surface area contributed by atoms with E-state index in [4.69, 9.17) is 0 Å². The molecule has 0 radical (unpaired) electrons. The quantitative estimate of drug-likeness (QED) is 0.853. The van der Waals surface area contributed by atoms with Crippen LogP contribution in [0.5, 0.6) is 0 Å². The first kappa shape index (κ1) is 19.1. The van der Waals surface area contributed by atoms with Crippen molar-refractivity contribution in [2.45, 2.75) is 18.4 Å². The van der Waals surface area contributed by atoms with Crippen molar-refractivity contribution in [2.75, 3.05) is 33.7 Å². The van der Waals surface area contributed by atoms with Crippen molar-refractivity contribution in [3.63, 3.8) is 0 Å². The number of amides is 2. The fourth-order valence-electron chi connectivity index (χ4n) is 3.56. The molecule has 5 heteroatoms. The summed E-state index contributed by atoms with van der Waals surface area (Å²) in [6.07, 6.45) is 0.204. The zero-order valence-corrected chi connectivity index (χ0v) is 16.0. The van der Waals surface area contributed by atoms with Crippen LogP contribution in [0.2, 0.25) is 0 Å². The zero-order chi connectivity index (χ0) is 19.2. The van der Waals surface area contributed by atoms with E-state index in [1.165, 1.54) is 11.1 Å². The molecule has 1 aliphatic heterocycles. The van der Waals surface area contributed by atoms with E-state index in [0.29, 0.717) is 13.1 Å². The summed E-state index contributed by atoms with van der Waals surface area (Å²) in [5.74, 6) is 0.0598. The Morgan fingerprint density at radius 2 is 1.63 bits per heavy atom. The van der Waals surface area contributed by atoms with E-state index in [1.807, 2.05) is 36.4 Å². The Bertz CT molecular complexity index is 722. The van der Waals surface area contributed by atoms with E-state index in [9.17, 15) is 9.59 Å². The molecule has 1 heterocycles. The van der Waals surface area contributed by atoms with Gasteiger partial charge < -0.3 is 10.2 Å². The lowest BCUT2D eigenvalue weighted by Gasteiger charge is -2.37. The lowest BCUT2D eigenvalue weighted by molar-refractivity contribution is -0.137. The van der Waals surface area contributed by atoms with Crippen molar-refractivity contribution in [3.8, 4) is 0 Å². The molecular weight excluding hydrogens is 338 g/mol. The first-order valence-corrected chi connectivity index (χ1v) is 9.38. The average Bonchev–Trinajstić information content (AvgIpc) is 2.69. The van der Waals surface area contributed by atoms with Gasteiger partial charge in [0.15, 0.2) is 0 Å². The van der Waals surface area contributed by atoms with Crippen LogP contribution in [0.3, 0.4) is 0 Å². The van der Waals surface area contributed by atoms with Gasteiger partial charge in [0, 0.05) is 39.6 Å². The molecule has 0 unspecified atom stereocenters. The molecule has 1 saturated heterocycles. The molecular formula is C22H27N3O2. The first-order chi connectivity index (χ1) is 13.1. The van der Waals surface area contributed by atoms with Crippen LogP contribution in [0.1, 0.15) is 23.5 Å². The summed E-state index contributed by atoms with van der Waals surface area (Å²) in [4.78, 5) is 28.4. The summed E-state index contributed by atoms with van der Waals surface area (Å²) in [7, 11) is 3.45. The van der Waals surface area contributed by atoms with Crippen LogP contribution in [0.4, 0.5) is 0 Å². The van der Waals surface area contributed by atoms with E-state index in [2.05, 4.69) is 34.5 Å². The number of rotatable bonds is 6. The Morgan fingerprint density at radius 1 is 1.07 bits per heavy atom. The van der Waals surface area contributed by atoms with Crippen LogP contribution in [0, 0.1) is 0 Å². The topological polar surface area (TPSA) is 52.7 Å². The van der Waals surface area contributed by atoms with E-state index in [1.54, 1.807) is 19.0 Å². The summed E-state index contributed by atoms with van der Waals surface area (Å²) < 4.78 is 0. The second kappa shape index (κ2) is 8.82. The van der Waals surface area contributed by atoms with Crippen molar-refractivity contribution in [3.05, 3.63) is 71.8 Å². The van der Waals surface area contributed by atoms with Crippen molar-refractivity contribution < 1.29 is 9.59 Å². The van der Waals surface area contributed by atoms with Gasteiger partial charge in [-0.15, -0.1) is 0 Å². The standard InChI is InChI=1S/C22H27N3O2/c1-24(2)21(26)15-20-22(27)23-13-14-25(20)16-19(17-9-5-3-6-10-17)18-11-7-4-8-12-18/h3-12,19-20H,13-16H2,1-2H3,(H,23,27)/t20-/m0/s1. The molecule has 1 aliphatic rings. The van der Waals surface area contributed by atoms with Gasteiger partial charge in [-0.05, 0) is 11.1 Å². The third-order valence-corrected chi connectivity index (χ3v) is 5.13. The zero-order valence-electron chi connectivity index (χ0n) is 16.0. The molecule has 1 fully saturated rings. The fraction of sp³-hybridized carbons (Fsp3) is 0.364. The van der Waals surface area contributed by atoms with Gasteiger partial charge in [0.1, 0.15) is 0 Å². The number of piperazine rings is 1. The Balaban J connectivity index is 1.87. The first-order valence-electron chi connectivity index (χ1n) is 9.38. The predicted octanol–water partition coefficient (Wildman–Crippen LogP) is 2.10.